The van der Waals surface area contributed by atoms with Gasteiger partial charge in [-0.1, -0.05) is 12.1 Å². The van der Waals surface area contributed by atoms with Crippen LogP contribution in [0.5, 0.6) is 0 Å². The molecular weight excluding hydrogens is 713 g/mol. The van der Waals surface area contributed by atoms with Gasteiger partial charge in [-0.2, -0.15) is 0 Å². The number of amides is 5. The molecule has 5 aliphatic heterocycles. The van der Waals surface area contributed by atoms with Crippen LogP contribution >= 0.6 is 0 Å². The molecular formula is C41H48N10O5. The Bertz CT molecular complexity index is 2180. The van der Waals surface area contributed by atoms with Crippen LogP contribution < -0.4 is 26.2 Å². The van der Waals surface area contributed by atoms with Crippen LogP contribution in [0.3, 0.4) is 0 Å². The number of nitrogens with one attached hydrogen (secondary N) is 2. The maximum Gasteiger partial charge on any atom is 0.320 e. The third kappa shape index (κ3) is 6.88. The highest BCUT2D eigenvalue weighted by atomic mass is 16.3. The van der Waals surface area contributed by atoms with Crippen molar-refractivity contribution in [1.29, 1.82) is 0 Å². The van der Waals surface area contributed by atoms with E-state index < -0.39 is 5.91 Å². The third-order valence-electron chi connectivity index (χ3n) is 12.4. The van der Waals surface area contributed by atoms with E-state index in [0.717, 1.165) is 106 Å². The van der Waals surface area contributed by atoms with Crippen LogP contribution in [0.15, 0.2) is 53.3 Å². The maximum absolute atomic E-state index is 12.7. The number of hydrogen-bond acceptors (Lipinski definition) is 11. The second-order valence-corrected chi connectivity index (χ2v) is 16.0. The number of urea groups is 1. The van der Waals surface area contributed by atoms with Crippen molar-refractivity contribution in [3.8, 4) is 0 Å². The largest absolute Gasteiger partial charge is 0.464 e. The second kappa shape index (κ2) is 14.8. The van der Waals surface area contributed by atoms with Crippen molar-refractivity contribution in [2.45, 2.75) is 63.6 Å². The zero-order chi connectivity index (χ0) is 38.5. The van der Waals surface area contributed by atoms with Crippen molar-refractivity contribution in [3.05, 3.63) is 71.2 Å². The van der Waals surface area contributed by atoms with Gasteiger partial charge in [-0.3, -0.25) is 24.6 Å². The topological polar surface area (TPSA) is 173 Å². The van der Waals surface area contributed by atoms with Crippen LogP contribution in [0.1, 0.15) is 71.6 Å². The summed E-state index contributed by atoms with van der Waals surface area (Å²) in [7, 11) is 1.84. The fourth-order valence-corrected chi connectivity index (χ4v) is 9.30. The van der Waals surface area contributed by atoms with Gasteiger partial charge in [0.2, 0.25) is 11.8 Å². The molecule has 292 valence electrons. The lowest BCUT2D eigenvalue weighted by Gasteiger charge is -2.37. The van der Waals surface area contributed by atoms with E-state index in [2.05, 4.69) is 54.6 Å². The molecule has 4 aromatic rings. The van der Waals surface area contributed by atoms with Crippen LogP contribution in [0.2, 0.25) is 0 Å². The van der Waals surface area contributed by atoms with E-state index in [4.69, 9.17) is 15.1 Å². The quantitative estimate of drug-likeness (QED) is 0.209. The average Bonchev–Trinajstić information content (AvgIpc) is 3.91. The number of anilines is 4. The van der Waals surface area contributed by atoms with Crippen LogP contribution in [0, 0.1) is 5.92 Å². The first-order chi connectivity index (χ1) is 27.2. The number of aromatic nitrogens is 2. The Morgan fingerprint density at radius 2 is 1.79 bits per heavy atom. The Hall–Kier alpha value is -5.70. The average molecular weight is 761 g/mol. The minimum atomic E-state index is -0.653. The predicted octanol–water partition coefficient (Wildman–Crippen LogP) is 4.15. The number of fused-ring (bicyclic) bond motifs is 3. The Balaban J connectivity index is 0.799. The minimum absolute atomic E-state index is 0.0674. The molecule has 15 heteroatoms. The molecule has 0 bridgehead atoms. The van der Waals surface area contributed by atoms with Crippen molar-refractivity contribution in [3.63, 3.8) is 0 Å². The fourth-order valence-electron chi connectivity index (χ4n) is 9.30. The van der Waals surface area contributed by atoms with Crippen molar-refractivity contribution in [2.24, 2.45) is 11.7 Å². The molecule has 1 unspecified atom stereocenters. The van der Waals surface area contributed by atoms with Crippen LogP contribution in [0.4, 0.5) is 27.8 Å². The highest BCUT2D eigenvalue weighted by molar-refractivity contribution is 6.03. The zero-order valence-electron chi connectivity index (χ0n) is 31.7. The van der Waals surface area contributed by atoms with Gasteiger partial charge in [-0.25, -0.2) is 14.8 Å². The number of hydrogen-bond donors (Lipinski definition) is 3. The number of likely N-dealkylation sites (N-methyl/N-ethyl adjacent to an activating group) is 1. The van der Waals surface area contributed by atoms with Gasteiger partial charge in [0.1, 0.15) is 11.4 Å². The Labute approximate surface area is 325 Å². The number of furan rings is 1. The molecule has 4 N–H and O–H groups in total. The van der Waals surface area contributed by atoms with Crippen LogP contribution in [-0.4, -0.2) is 107 Å². The first-order valence-electron chi connectivity index (χ1n) is 19.8. The smallest absolute Gasteiger partial charge is 0.320 e. The van der Waals surface area contributed by atoms with Crippen LogP contribution in [0.25, 0.3) is 11.0 Å². The Morgan fingerprint density at radius 3 is 2.54 bits per heavy atom. The summed E-state index contributed by atoms with van der Waals surface area (Å²) in [5, 5.41) is 6.75. The van der Waals surface area contributed by atoms with E-state index in [1.54, 1.807) is 17.4 Å². The van der Waals surface area contributed by atoms with E-state index in [1.165, 1.54) is 11.1 Å². The highest BCUT2D eigenvalue weighted by Gasteiger charge is 2.36. The molecule has 2 aromatic carbocycles. The van der Waals surface area contributed by atoms with Gasteiger partial charge in [0.05, 0.1) is 24.4 Å². The molecule has 7 heterocycles. The number of carbonyl (C=O) groups excluding carboxylic acids is 4. The lowest BCUT2D eigenvalue weighted by atomic mass is 9.89. The summed E-state index contributed by atoms with van der Waals surface area (Å²) in [6.07, 6.45) is 8.21. The van der Waals surface area contributed by atoms with Crippen molar-refractivity contribution in [2.75, 3.05) is 68.0 Å². The molecule has 0 radical (unpaired) electrons. The van der Waals surface area contributed by atoms with Crippen LogP contribution in [-0.2, 0) is 22.7 Å². The second-order valence-electron chi connectivity index (χ2n) is 16.0. The molecule has 15 nitrogen and oxygen atoms in total. The molecule has 9 rings (SSSR count). The maximum atomic E-state index is 12.7. The minimum Gasteiger partial charge on any atom is -0.464 e. The van der Waals surface area contributed by atoms with Crippen molar-refractivity contribution >= 4 is 57.7 Å². The van der Waals surface area contributed by atoms with Gasteiger partial charge in [0.15, 0.2) is 11.5 Å². The number of benzene rings is 2. The van der Waals surface area contributed by atoms with Gasteiger partial charge in [0.25, 0.3) is 5.91 Å². The number of carbonyl (C=O) groups is 4. The summed E-state index contributed by atoms with van der Waals surface area (Å²) in [6, 6.07) is 12.6. The Morgan fingerprint density at radius 1 is 0.964 bits per heavy atom. The third-order valence-corrected chi connectivity index (χ3v) is 12.4. The highest BCUT2D eigenvalue weighted by Crippen LogP contribution is 2.38. The SMILES string of the molecule is CN1CCN([C@@H]2CCCN(c3cnc(C(N)=O)c(Nc4ccc(N5CCC(CN6Cc7ccc8c(C9CCC(=O)NC9=O)coc8c7C6)CC5)cc4)n3)C2)C1=O. The molecule has 56 heavy (non-hydrogen) atoms. The van der Waals surface area contributed by atoms with Crippen molar-refractivity contribution in [1.82, 2.24) is 30.0 Å². The lowest BCUT2D eigenvalue weighted by molar-refractivity contribution is -0.134. The summed E-state index contributed by atoms with van der Waals surface area (Å²) in [5.74, 6) is 0.0732. The molecule has 0 spiro atoms. The summed E-state index contributed by atoms with van der Waals surface area (Å²) < 4.78 is 6.09. The van der Waals surface area contributed by atoms with E-state index in [-0.39, 0.29) is 35.5 Å². The van der Waals surface area contributed by atoms with E-state index >= 15 is 0 Å². The number of nitrogens with zero attached hydrogens (tertiary/aromatic N) is 7. The molecule has 5 amide bonds. The van der Waals surface area contributed by atoms with Gasteiger partial charge in [-0.05, 0) is 67.9 Å². The molecule has 2 atom stereocenters. The summed E-state index contributed by atoms with van der Waals surface area (Å²) >= 11 is 0. The van der Waals surface area contributed by atoms with E-state index in [1.807, 2.05) is 24.1 Å². The molecule has 4 fully saturated rings. The van der Waals surface area contributed by atoms with Gasteiger partial charge < -0.3 is 35.1 Å². The number of nitrogens with two attached hydrogens (primary N) is 1. The molecule has 0 aliphatic carbocycles. The molecule has 4 saturated heterocycles. The van der Waals surface area contributed by atoms with E-state index in [9.17, 15) is 19.2 Å². The monoisotopic (exact) mass is 760 g/mol. The zero-order valence-corrected chi connectivity index (χ0v) is 31.7. The summed E-state index contributed by atoms with van der Waals surface area (Å²) in [5.41, 5.74) is 11.9. The predicted molar refractivity (Wildman–Crippen MR) is 211 cm³/mol. The van der Waals surface area contributed by atoms with Gasteiger partial charge >= 0.3 is 6.03 Å². The van der Waals surface area contributed by atoms with Crippen molar-refractivity contribution < 1.29 is 23.6 Å². The number of rotatable bonds is 9. The lowest BCUT2D eigenvalue weighted by Crippen LogP contribution is -2.49. The molecule has 5 aliphatic rings. The number of piperidine rings is 3. The van der Waals surface area contributed by atoms with Gasteiger partial charge in [0, 0.05) is 100 Å². The molecule has 0 saturated carbocycles. The summed E-state index contributed by atoms with van der Waals surface area (Å²) in [6.45, 7) is 7.56. The normalized spacial score (nSPS) is 22.3. The van der Waals surface area contributed by atoms with E-state index in [0.29, 0.717) is 36.9 Å². The van der Waals surface area contributed by atoms with Gasteiger partial charge in [-0.15, -0.1) is 0 Å². The first-order valence-corrected chi connectivity index (χ1v) is 19.8. The standard InChI is InChI=1S/C41H48N10O5/c1-47-17-18-51(41(47)55)29-3-2-14-50(22-29)34-19-43-36(38(42)53)39(45-34)44-27-5-7-28(8-6-27)49-15-12-25(13-16-49)20-48-21-26-4-9-30-33(24-56-37(30)32(26)23-48)31-10-11-35(52)46-40(31)54/h4-9,19,24-25,29,31H,2-3,10-18,20-23H2,1H3,(H2,42,53)(H,44,45)(H,46,52,54)/t29-,31?/m1/s1. The number of imide groups is 1. The molecule has 2 aromatic heterocycles. The number of primary amides is 1. The summed E-state index contributed by atoms with van der Waals surface area (Å²) in [4.78, 5) is 69.3. The first kappa shape index (κ1) is 36.0. The fraction of sp³-hybridized carbons (Fsp3) is 0.463. The Kier molecular flexibility index (Phi) is 9.47.